The van der Waals surface area contributed by atoms with Gasteiger partial charge < -0.3 is 20.7 Å². The predicted octanol–water partition coefficient (Wildman–Crippen LogP) is 3.88. The maximum atomic E-state index is 12.2. The Bertz CT molecular complexity index is 892. The molecule has 0 radical (unpaired) electrons. The van der Waals surface area contributed by atoms with Gasteiger partial charge in [0.05, 0.1) is 18.8 Å². The monoisotopic (exact) mass is 412 g/mol. The molecule has 1 fully saturated rings. The molecule has 4 rings (SSSR count). The summed E-state index contributed by atoms with van der Waals surface area (Å²) in [7, 11) is 0. The Kier molecular flexibility index (Phi) is 6.34. The van der Waals surface area contributed by atoms with Gasteiger partial charge >= 0.3 is 0 Å². The van der Waals surface area contributed by atoms with E-state index in [4.69, 9.17) is 16.3 Å². The molecule has 2 aliphatic heterocycles. The lowest BCUT2D eigenvalue weighted by atomic mass is 10.1. The molecule has 0 aromatic heterocycles. The van der Waals surface area contributed by atoms with Crippen LogP contribution in [0, 0.1) is 0 Å². The van der Waals surface area contributed by atoms with Crippen LogP contribution in [-0.2, 0) is 9.53 Å². The first-order valence-electron chi connectivity index (χ1n) is 9.91. The van der Waals surface area contributed by atoms with Crippen molar-refractivity contribution in [3.05, 3.63) is 59.3 Å². The molecule has 0 unspecified atom stereocenters. The largest absolute Gasteiger partial charge is 0.385 e. The van der Waals surface area contributed by atoms with Gasteiger partial charge in [0, 0.05) is 53.5 Å². The van der Waals surface area contributed by atoms with Gasteiger partial charge in [-0.1, -0.05) is 11.6 Å². The van der Waals surface area contributed by atoms with E-state index in [9.17, 15) is 4.79 Å². The third-order valence-electron chi connectivity index (χ3n) is 5.12. The number of benzene rings is 2. The molecule has 1 amide bonds. The predicted molar refractivity (Wildman–Crippen MR) is 118 cm³/mol. The topological polar surface area (TPSA) is 65.6 Å². The molecule has 29 heavy (non-hydrogen) atoms. The highest BCUT2D eigenvalue weighted by Crippen LogP contribution is 2.33. The first-order chi connectivity index (χ1) is 14.2. The van der Waals surface area contributed by atoms with E-state index in [1.54, 1.807) is 18.3 Å². The van der Waals surface area contributed by atoms with Gasteiger partial charge in [-0.2, -0.15) is 0 Å². The lowest BCUT2D eigenvalue weighted by Crippen LogP contribution is -2.37. The Labute approximate surface area is 175 Å². The highest BCUT2D eigenvalue weighted by molar-refractivity contribution is 6.34. The van der Waals surface area contributed by atoms with Crippen molar-refractivity contribution in [2.24, 2.45) is 0 Å². The van der Waals surface area contributed by atoms with Crippen molar-refractivity contribution in [3.8, 4) is 0 Å². The first-order valence-corrected chi connectivity index (χ1v) is 10.3. The zero-order chi connectivity index (χ0) is 20.1. The molecule has 2 heterocycles. The van der Waals surface area contributed by atoms with Crippen LogP contribution in [0.25, 0.3) is 5.57 Å². The Hall–Kier alpha value is -2.54. The molecule has 1 saturated heterocycles. The number of ether oxygens (including phenoxy) is 1. The number of rotatable bonds is 7. The maximum absolute atomic E-state index is 12.2. The van der Waals surface area contributed by atoms with Crippen LogP contribution >= 0.6 is 11.6 Å². The summed E-state index contributed by atoms with van der Waals surface area (Å²) < 4.78 is 5.37. The highest BCUT2D eigenvalue weighted by Gasteiger charge is 2.24. The molecular formula is C22H25ClN4O2. The normalized spacial score (nSPS) is 17.8. The molecular weight excluding hydrogens is 388 g/mol. The number of fused-ring (bicyclic) bond motifs is 1. The minimum Gasteiger partial charge on any atom is -0.385 e. The van der Waals surface area contributed by atoms with Crippen LogP contribution < -0.4 is 16.0 Å². The lowest BCUT2D eigenvalue weighted by molar-refractivity contribution is -0.110. The summed E-state index contributed by atoms with van der Waals surface area (Å²) in [5, 5.41) is 10.1. The Morgan fingerprint density at radius 1 is 1.10 bits per heavy atom. The molecule has 2 aliphatic rings. The average molecular weight is 413 g/mol. The molecule has 2 aromatic rings. The standard InChI is InChI=1S/C22H25ClN4O2/c23-16-2-7-21-19(14-16)20(22(28)26-21)15-25-18-5-3-17(4-6-18)24-8-1-9-27-10-12-29-13-11-27/h2-7,14-15,24-25H,1,8-13H2,(H,26,28)/b20-15-. The quantitative estimate of drug-likeness (QED) is 0.475. The smallest absolute Gasteiger partial charge is 0.257 e. The van der Waals surface area contributed by atoms with Crippen LogP contribution in [0.1, 0.15) is 12.0 Å². The third kappa shape index (κ3) is 5.09. The second kappa shape index (κ2) is 9.31. The van der Waals surface area contributed by atoms with E-state index in [2.05, 4.69) is 20.9 Å². The summed E-state index contributed by atoms with van der Waals surface area (Å²) in [5.74, 6) is -0.131. The highest BCUT2D eigenvalue weighted by atomic mass is 35.5. The van der Waals surface area contributed by atoms with E-state index < -0.39 is 0 Å². The first kappa shape index (κ1) is 19.8. The summed E-state index contributed by atoms with van der Waals surface area (Å²) in [5.41, 5.74) is 4.17. The summed E-state index contributed by atoms with van der Waals surface area (Å²) >= 11 is 6.07. The Balaban J connectivity index is 1.28. The molecule has 0 bridgehead atoms. The van der Waals surface area contributed by atoms with Gasteiger partial charge in [-0.05, 0) is 55.4 Å². The Morgan fingerprint density at radius 3 is 2.66 bits per heavy atom. The van der Waals surface area contributed by atoms with E-state index in [-0.39, 0.29) is 5.91 Å². The zero-order valence-corrected chi connectivity index (χ0v) is 17.0. The van der Waals surface area contributed by atoms with Gasteiger partial charge in [-0.25, -0.2) is 0 Å². The van der Waals surface area contributed by atoms with E-state index in [0.29, 0.717) is 10.6 Å². The minimum absolute atomic E-state index is 0.131. The summed E-state index contributed by atoms with van der Waals surface area (Å²) in [6, 6.07) is 13.4. The number of carbonyl (C=O) groups excluding carboxylic acids is 1. The van der Waals surface area contributed by atoms with Gasteiger partial charge in [0.25, 0.3) is 5.91 Å². The number of hydrogen-bond acceptors (Lipinski definition) is 5. The number of hydrogen-bond donors (Lipinski definition) is 3. The van der Waals surface area contributed by atoms with E-state index in [1.165, 1.54) is 0 Å². The van der Waals surface area contributed by atoms with Crippen molar-refractivity contribution >= 4 is 40.1 Å². The number of nitrogens with zero attached hydrogens (tertiary/aromatic N) is 1. The fraction of sp³-hybridized carbons (Fsp3) is 0.318. The molecule has 0 saturated carbocycles. The third-order valence-corrected chi connectivity index (χ3v) is 5.35. The minimum atomic E-state index is -0.131. The van der Waals surface area contributed by atoms with Crippen molar-refractivity contribution in [3.63, 3.8) is 0 Å². The number of halogens is 1. The maximum Gasteiger partial charge on any atom is 0.257 e. The molecule has 152 valence electrons. The van der Waals surface area contributed by atoms with Crippen molar-refractivity contribution in [1.82, 2.24) is 4.90 Å². The second-order valence-corrected chi connectivity index (χ2v) is 7.59. The molecule has 7 heteroatoms. The van der Waals surface area contributed by atoms with Crippen LogP contribution in [0.5, 0.6) is 0 Å². The van der Waals surface area contributed by atoms with Gasteiger partial charge in [0.2, 0.25) is 0 Å². The summed E-state index contributed by atoms with van der Waals surface area (Å²) in [6.07, 6.45) is 2.82. The van der Waals surface area contributed by atoms with Gasteiger partial charge in [-0.15, -0.1) is 0 Å². The number of anilines is 3. The molecule has 0 atom stereocenters. The van der Waals surface area contributed by atoms with E-state index >= 15 is 0 Å². The van der Waals surface area contributed by atoms with Crippen LogP contribution in [-0.4, -0.2) is 50.2 Å². The number of nitrogens with one attached hydrogen (secondary N) is 3. The Morgan fingerprint density at radius 2 is 1.86 bits per heavy atom. The molecule has 3 N–H and O–H groups in total. The average Bonchev–Trinajstić information content (AvgIpc) is 3.05. The number of morpholine rings is 1. The summed E-state index contributed by atoms with van der Waals surface area (Å²) in [6.45, 7) is 5.79. The van der Waals surface area contributed by atoms with E-state index in [0.717, 1.165) is 68.4 Å². The second-order valence-electron chi connectivity index (χ2n) is 7.16. The molecule has 6 nitrogen and oxygen atoms in total. The fourth-order valence-electron chi connectivity index (χ4n) is 3.50. The van der Waals surface area contributed by atoms with Crippen molar-refractivity contribution in [2.45, 2.75) is 6.42 Å². The van der Waals surface area contributed by atoms with Gasteiger partial charge in [0.15, 0.2) is 0 Å². The number of amides is 1. The molecule has 2 aromatic carbocycles. The zero-order valence-electron chi connectivity index (χ0n) is 16.2. The van der Waals surface area contributed by atoms with Gasteiger partial charge in [-0.3, -0.25) is 9.69 Å². The number of carbonyl (C=O) groups is 1. The van der Waals surface area contributed by atoms with Crippen molar-refractivity contribution in [2.75, 3.05) is 55.3 Å². The molecule has 0 spiro atoms. The van der Waals surface area contributed by atoms with Gasteiger partial charge in [0.1, 0.15) is 0 Å². The van der Waals surface area contributed by atoms with Crippen molar-refractivity contribution < 1.29 is 9.53 Å². The lowest BCUT2D eigenvalue weighted by Gasteiger charge is -2.26. The summed E-state index contributed by atoms with van der Waals surface area (Å²) in [4.78, 5) is 14.6. The van der Waals surface area contributed by atoms with Crippen LogP contribution in [0.15, 0.2) is 48.7 Å². The van der Waals surface area contributed by atoms with Crippen molar-refractivity contribution in [1.29, 1.82) is 0 Å². The fourth-order valence-corrected chi connectivity index (χ4v) is 3.68. The molecule has 0 aliphatic carbocycles. The SMILES string of the molecule is O=C1Nc2ccc(Cl)cc2/C1=C/Nc1ccc(NCCCN2CCOCC2)cc1. The van der Waals surface area contributed by atoms with E-state index in [1.807, 2.05) is 30.3 Å². The van der Waals surface area contributed by atoms with Crippen LogP contribution in [0.3, 0.4) is 0 Å². The van der Waals surface area contributed by atoms with Crippen LogP contribution in [0.2, 0.25) is 5.02 Å². The van der Waals surface area contributed by atoms with Crippen LogP contribution in [0.4, 0.5) is 17.1 Å².